The number of halogens is 2. The molecule has 0 aromatic carbocycles. The van der Waals surface area contributed by atoms with Gasteiger partial charge in [-0.05, 0) is 25.3 Å². The van der Waals surface area contributed by atoms with Crippen LogP contribution < -0.4 is 0 Å². The summed E-state index contributed by atoms with van der Waals surface area (Å²) in [6.45, 7) is 3.93. The molecule has 0 aromatic heterocycles. The van der Waals surface area contributed by atoms with E-state index in [4.69, 9.17) is 32.6 Å². The third-order valence-corrected chi connectivity index (χ3v) is 3.45. The molecule has 0 aliphatic heterocycles. The lowest BCUT2D eigenvalue weighted by Gasteiger charge is -2.06. The number of alkyl halides is 2. The maximum atomic E-state index is 10.6. The van der Waals surface area contributed by atoms with E-state index in [-0.39, 0.29) is 10.8 Å². The van der Waals surface area contributed by atoms with Gasteiger partial charge in [-0.15, -0.1) is 28.1 Å². The highest BCUT2D eigenvalue weighted by Crippen LogP contribution is 2.26. The Kier molecular flexibility index (Phi) is 9.34. The van der Waals surface area contributed by atoms with Crippen molar-refractivity contribution in [2.45, 2.75) is 50.3 Å². The molecule has 0 heterocycles. The monoisotopic (exact) mass is 287 g/mol. The summed E-state index contributed by atoms with van der Waals surface area (Å²) in [5.74, 6) is 0.449. The zero-order chi connectivity index (χ0) is 12.6. The van der Waals surface area contributed by atoms with Crippen LogP contribution in [0, 0.1) is 0 Å². The van der Waals surface area contributed by atoms with Crippen LogP contribution in [0.2, 0.25) is 0 Å². The van der Waals surface area contributed by atoms with Crippen molar-refractivity contribution in [2.75, 3.05) is 0 Å². The molecule has 0 bridgehead atoms. The Balaban J connectivity index is 4.34. The van der Waals surface area contributed by atoms with Crippen LogP contribution in [0.25, 0.3) is 0 Å². The highest BCUT2D eigenvalue weighted by atomic mass is 35.5. The van der Waals surface area contributed by atoms with Gasteiger partial charge in [0.15, 0.2) is 5.76 Å². The molecule has 0 amide bonds. The summed E-state index contributed by atoms with van der Waals surface area (Å²) in [6.07, 6.45) is 4.43. The third kappa shape index (κ3) is 8.35. The van der Waals surface area contributed by atoms with Gasteiger partial charge in [0.2, 0.25) is 0 Å². The van der Waals surface area contributed by atoms with Gasteiger partial charge < -0.3 is 0 Å². The van der Waals surface area contributed by atoms with Crippen LogP contribution in [-0.4, -0.2) is 15.6 Å². The summed E-state index contributed by atoms with van der Waals surface area (Å²) < 4.78 is 15.4. The molecule has 0 saturated carbocycles. The first-order valence-corrected chi connectivity index (χ1v) is 7.31. The van der Waals surface area contributed by atoms with Gasteiger partial charge in [-0.2, -0.15) is 0 Å². The van der Waals surface area contributed by atoms with E-state index < -0.39 is 8.25 Å². The second-order valence-electron chi connectivity index (χ2n) is 3.45. The second-order valence-corrected chi connectivity index (χ2v) is 5.34. The number of rotatable bonds is 8. The van der Waals surface area contributed by atoms with Crippen molar-refractivity contribution < 1.29 is 14.0 Å². The van der Waals surface area contributed by atoms with E-state index in [0.717, 1.165) is 12.8 Å². The molecule has 0 radical (unpaired) electrons. The molecule has 0 aliphatic rings. The molecule has 0 saturated heterocycles. The third-order valence-electron chi connectivity index (χ3n) is 2.11. The molecule has 0 spiro atoms. The normalized spacial score (nSPS) is 16.8. The minimum atomic E-state index is -2.63. The molecule has 3 unspecified atom stereocenters. The van der Waals surface area contributed by atoms with Gasteiger partial charge >= 0.3 is 8.25 Å². The Morgan fingerprint density at radius 1 is 1.38 bits per heavy atom. The molecule has 0 aliphatic carbocycles. The lowest BCUT2D eigenvalue weighted by molar-refractivity contribution is 0.337. The first-order valence-electron chi connectivity index (χ1n) is 5.30. The maximum absolute atomic E-state index is 10.6. The van der Waals surface area contributed by atoms with Crippen molar-refractivity contribution in [3.63, 3.8) is 0 Å². The number of hydrogen-bond acceptors (Lipinski definition) is 2. The summed E-state index contributed by atoms with van der Waals surface area (Å²) in [4.78, 5) is 8.70. The summed E-state index contributed by atoms with van der Waals surface area (Å²) in [5, 5.41) is -0.0674. The maximum Gasteiger partial charge on any atom is 0.747 e. The Morgan fingerprint density at radius 2 is 1.94 bits per heavy atom. The second kappa shape index (κ2) is 9.23. The van der Waals surface area contributed by atoms with E-state index in [1.165, 1.54) is 0 Å². The zero-order valence-corrected chi connectivity index (χ0v) is 11.9. The van der Waals surface area contributed by atoms with E-state index in [0.29, 0.717) is 18.6 Å². The molecule has 16 heavy (non-hydrogen) atoms. The molecular formula is C10H18Cl2O3P+. The first-order chi connectivity index (χ1) is 7.49. The highest BCUT2D eigenvalue weighted by molar-refractivity contribution is 7.32. The zero-order valence-electron chi connectivity index (χ0n) is 9.53. The van der Waals surface area contributed by atoms with Crippen molar-refractivity contribution in [2.24, 2.45) is 0 Å². The predicted octanol–water partition coefficient (Wildman–Crippen LogP) is 4.35. The lowest BCUT2D eigenvalue weighted by atomic mass is 10.1. The molecule has 0 fully saturated rings. The minimum absolute atomic E-state index is 0.0191. The largest absolute Gasteiger partial charge is 0.747 e. The van der Waals surface area contributed by atoms with Gasteiger partial charge in [0.25, 0.3) is 0 Å². The summed E-state index contributed by atoms with van der Waals surface area (Å²) in [6, 6.07) is 0. The molecular weight excluding hydrogens is 270 g/mol. The highest BCUT2D eigenvalue weighted by Gasteiger charge is 2.19. The molecule has 94 valence electrons. The Morgan fingerprint density at radius 3 is 2.38 bits per heavy atom. The van der Waals surface area contributed by atoms with Gasteiger partial charge in [0.05, 0.1) is 0 Å². The van der Waals surface area contributed by atoms with Crippen molar-refractivity contribution >= 4 is 31.5 Å². The average Bonchev–Trinajstić information content (AvgIpc) is 2.24. The van der Waals surface area contributed by atoms with Crippen LogP contribution in [0.5, 0.6) is 0 Å². The molecule has 3 nitrogen and oxygen atoms in total. The summed E-state index contributed by atoms with van der Waals surface area (Å²) in [5.41, 5.74) is 0. The number of hydrogen-bond donors (Lipinski definition) is 1. The molecule has 1 N–H and O–H groups in total. The fourth-order valence-electron chi connectivity index (χ4n) is 1.05. The van der Waals surface area contributed by atoms with Crippen molar-refractivity contribution in [1.82, 2.24) is 0 Å². The van der Waals surface area contributed by atoms with Crippen LogP contribution in [0.1, 0.15) is 39.5 Å². The van der Waals surface area contributed by atoms with Crippen molar-refractivity contribution in [3.8, 4) is 0 Å². The van der Waals surface area contributed by atoms with Crippen molar-refractivity contribution in [3.05, 3.63) is 11.8 Å². The predicted molar refractivity (Wildman–Crippen MR) is 68.1 cm³/mol. The van der Waals surface area contributed by atoms with Crippen LogP contribution in [0.4, 0.5) is 0 Å². The summed E-state index contributed by atoms with van der Waals surface area (Å²) >= 11 is 11.9. The molecule has 6 heteroatoms. The van der Waals surface area contributed by atoms with E-state index in [1.54, 1.807) is 6.08 Å². The van der Waals surface area contributed by atoms with Crippen LogP contribution in [-0.2, 0) is 9.09 Å². The standard InChI is InChI=1S/C10H17Cl2O3P/c1-3-8(11)5-6-10(15-16(13)14)7-9(12)4-2/h6,8-9H,3-5,7H2,1-2H3/p+1. The van der Waals surface area contributed by atoms with E-state index in [1.807, 2.05) is 13.8 Å². The lowest BCUT2D eigenvalue weighted by Crippen LogP contribution is -2.01. The van der Waals surface area contributed by atoms with Gasteiger partial charge in [-0.3, -0.25) is 0 Å². The van der Waals surface area contributed by atoms with E-state index >= 15 is 0 Å². The van der Waals surface area contributed by atoms with Crippen LogP contribution in [0.3, 0.4) is 0 Å². The first kappa shape index (κ1) is 16.2. The quantitative estimate of drug-likeness (QED) is 0.410. The molecule has 0 aromatic rings. The SMILES string of the molecule is CCC(Cl)CC=C(CC(Cl)CC)O[P+](=O)O. The van der Waals surface area contributed by atoms with Gasteiger partial charge in [-0.25, -0.2) is 4.52 Å². The van der Waals surface area contributed by atoms with Gasteiger partial charge in [0, 0.05) is 21.7 Å². The van der Waals surface area contributed by atoms with Crippen LogP contribution in [0.15, 0.2) is 11.8 Å². The summed E-state index contributed by atoms with van der Waals surface area (Å²) in [7, 11) is -2.63. The smallest absolute Gasteiger partial charge is 0.234 e. The average molecular weight is 288 g/mol. The van der Waals surface area contributed by atoms with Crippen molar-refractivity contribution in [1.29, 1.82) is 0 Å². The van der Waals surface area contributed by atoms with E-state index in [9.17, 15) is 4.57 Å². The molecule has 3 atom stereocenters. The fourth-order valence-corrected chi connectivity index (χ4v) is 1.64. The number of allylic oxidation sites excluding steroid dienone is 2. The Bertz CT molecular complexity index is 246. The Hall–Kier alpha value is 0.180. The van der Waals surface area contributed by atoms with Gasteiger partial charge in [0.1, 0.15) is 0 Å². The topological polar surface area (TPSA) is 46.5 Å². The Labute approximate surface area is 108 Å². The molecule has 0 rings (SSSR count). The minimum Gasteiger partial charge on any atom is -0.234 e. The van der Waals surface area contributed by atoms with E-state index in [2.05, 4.69) is 0 Å². The van der Waals surface area contributed by atoms with Crippen LogP contribution >= 0.6 is 31.5 Å². The van der Waals surface area contributed by atoms with Gasteiger partial charge in [-0.1, -0.05) is 13.8 Å². The fraction of sp³-hybridized carbons (Fsp3) is 0.800.